The zero-order valence-electron chi connectivity index (χ0n) is 15.6. The third-order valence-corrected chi connectivity index (χ3v) is 4.78. The Hall–Kier alpha value is -3.20. The monoisotopic (exact) mass is 382 g/mol. The number of oxazole rings is 1. The average Bonchev–Trinajstić information content (AvgIpc) is 3.23. The summed E-state index contributed by atoms with van der Waals surface area (Å²) in [7, 11) is 0. The molecule has 0 radical (unpaired) electrons. The summed E-state index contributed by atoms with van der Waals surface area (Å²) in [5.41, 5.74) is 2.57. The summed E-state index contributed by atoms with van der Waals surface area (Å²) in [6.45, 7) is 4.98. The zero-order chi connectivity index (χ0) is 19.5. The average molecular weight is 382 g/mol. The summed E-state index contributed by atoms with van der Waals surface area (Å²) in [6, 6.07) is 8.45. The number of fused-ring (bicyclic) bond motifs is 1. The van der Waals surface area contributed by atoms with E-state index < -0.39 is 5.91 Å². The first kappa shape index (κ1) is 18.2. The number of amides is 1. The number of nitrogens with one attached hydrogen (secondary N) is 1. The Morgan fingerprint density at radius 2 is 1.89 bits per heavy atom. The van der Waals surface area contributed by atoms with E-state index in [0.29, 0.717) is 19.1 Å². The number of aryl methyl sites for hydroxylation is 1. The predicted molar refractivity (Wildman–Crippen MR) is 104 cm³/mol. The lowest BCUT2D eigenvalue weighted by Crippen LogP contribution is -2.47. The second kappa shape index (κ2) is 7.81. The van der Waals surface area contributed by atoms with Crippen LogP contribution in [0.5, 0.6) is 0 Å². The van der Waals surface area contributed by atoms with Gasteiger partial charge in [-0.1, -0.05) is 19.1 Å². The highest BCUT2D eigenvalue weighted by molar-refractivity contribution is 5.91. The van der Waals surface area contributed by atoms with E-state index >= 15 is 0 Å². The molecule has 2 aromatic heterocycles. The lowest BCUT2D eigenvalue weighted by atomic mass is 10.2. The number of carbonyl (C=O) groups is 1. The molecule has 9 heteroatoms. The Kier molecular flexibility index (Phi) is 5.07. The molecule has 2 N–H and O–H groups in total. The number of aromatic nitrogens is 3. The number of piperazine rings is 1. The Morgan fingerprint density at radius 3 is 2.64 bits per heavy atom. The number of nitrogens with zero attached hydrogens (tertiary/aromatic N) is 5. The molecular weight excluding hydrogens is 360 g/mol. The molecule has 1 fully saturated rings. The second-order valence-electron chi connectivity index (χ2n) is 6.66. The van der Waals surface area contributed by atoms with Gasteiger partial charge in [0.2, 0.25) is 0 Å². The number of hydroxylamine groups is 1. The van der Waals surface area contributed by atoms with Gasteiger partial charge in [0, 0.05) is 38.0 Å². The number of rotatable bonds is 5. The normalized spacial score (nSPS) is 14.5. The van der Waals surface area contributed by atoms with E-state index in [1.54, 1.807) is 5.48 Å². The van der Waals surface area contributed by atoms with E-state index in [1.807, 2.05) is 23.1 Å². The molecule has 4 rings (SSSR count). The Bertz CT molecular complexity index is 981. The molecule has 3 aromatic rings. The van der Waals surface area contributed by atoms with Crippen molar-refractivity contribution in [3.63, 3.8) is 0 Å². The first-order valence-corrected chi connectivity index (χ1v) is 9.35. The van der Waals surface area contributed by atoms with Gasteiger partial charge in [-0.15, -0.1) is 0 Å². The summed E-state index contributed by atoms with van der Waals surface area (Å²) >= 11 is 0. The minimum atomic E-state index is -0.690. The van der Waals surface area contributed by atoms with E-state index in [2.05, 4.69) is 27.9 Å². The molecule has 1 amide bonds. The molecule has 1 saturated heterocycles. The number of benzene rings is 1. The molecule has 0 unspecified atom stereocenters. The summed E-state index contributed by atoms with van der Waals surface area (Å²) in [6.07, 6.45) is 3.09. The standard InChI is InChI=1S/C19H22N6O3/c1-2-5-16-20-14-7-4-3-6-13(14)17(22-16)24-8-10-25(11-9-24)19-21-15(12-28-19)18(26)23-27/h3-4,6-7,12,27H,2,5,8-11H2,1H3,(H,23,26). The Labute approximate surface area is 162 Å². The van der Waals surface area contributed by atoms with Crippen LogP contribution in [0.25, 0.3) is 10.9 Å². The molecule has 9 nitrogen and oxygen atoms in total. The molecule has 1 aromatic carbocycles. The zero-order valence-corrected chi connectivity index (χ0v) is 15.6. The van der Waals surface area contributed by atoms with Gasteiger partial charge in [-0.2, -0.15) is 4.98 Å². The van der Waals surface area contributed by atoms with Crippen molar-refractivity contribution in [1.29, 1.82) is 0 Å². The van der Waals surface area contributed by atoms with Gasteiger partial charge in [0.1, 0.15) is 17.9 Å². The minimum absolute atomic E-state index is 0.0472. The van der Waals surface area contributed by atoms with Crippen molar-refractivity contribution >= 4 is 28.6 Å². The van der Waals surface area contributed by atoms with Crippen LogP contribution in [0.1, 0.15) is 29.7 Å². The van der Waals surface area contributed by atoms with Crippen molar-refractivity contribution in [2.75, 3.05) is 36.0 Å². The lowest BCUT2D eigenvalue weighted by molar-refractivity contribution is 0.0700. The molecule has 28 heavy (non-hydrogen) atoms. The van der Waals surface area contributed by atoms with Crippen molar-refractivity contribution in [2.24, 2.45) is 0 Å². The van der Waals surface area contributed by atoms with Crippen LogP contribution in [0.2, 0.25) is 0 Å². The van der Waals surface area contributed by atoms with Crippen molar-refractivity contribution in [2.45, 2.75) is 19.8 Å². The van der Waals surface area contributed by atoms with E-state index in [-0.39, 0.29) is 5.69 Å². The van der Waals surface area contributed by atoms with Gasteiger partial charge >= 0.3 is 0 Å². The van der Waals surface area contributed by atoms with Crippen LogP contribution in [0.15, 0.2) is 34.9 Å². The van der Waals surface area contributed by atoms with Crippen LogP contribution in [0, 0.1) is 0 Å². The first-order valence-electron chi connectivity index (χ1n) is 9.35. The Balaban J connectivity index is 1.53. The maximum Gasteiger partial charge on any atom is 0.298 e. The van der Waals surface area contributed by atoms with E-state index in [4.69, 9.17) is 14.6 Å². The number of hydrogen-bond donors (Lipinski definition) is 2. The van der Waals surface area contributed by atoms with Gasteiger partial charge in [0.25, 0.3) is 11.9 Å². The largest absolute Gasteiger partial charge is 0.431 e. The van der Waals surface area contributed by atoms with Crippen LogP contribution in [0.3, 0.4) is 0 Å². The van der Waals surface area contributed by atoms with Crippen LogP contribution >= 0.6 is 0 Å². The lowest BCUT2D eigenvalue weighted by Gasteiger charge is -2.35. The highest BCUT2D eigenvalue weighted by atomic mass is 16.5. The number of anilines is 2. The molecule has 146 valence electrons. The van der Waals surface area contributed by atoms with Gasteiger partial charge < -0.3 is 14.2 Å². The molecule has 0 spiro atoms. The molecule has 0 bridgehead atoms. The van der Waals surface area contributed by atoms with Crippen LogP contribution in [0.4, 0.5) is 11.8 Å². The molecular formula is C19H22N6O3. The van der Waals surface area contributed by atoms with Gasteiger partial charge in [-0.25, -0.2) is 15.4 Å². The highest BCUT2D eigenvalue weighted by Crippen LogP contribution is 2.26. The van der Waals surface area contributed by atoms with Crippen LogP contribution in [-0.2, 0) is 6.42 Å². The van der Waals surface area contributed by atoms with Crippen molar-refractivity contribution in [3.05, 3.63) is 42.0 Å². The summed E-state index contributed by atoms with van der Waals surface area (Å²) in [5.74, 6) is 1.14. The summed E-state index contributed by atoms with van der Waals surface area (Å²) < 4.78 is 5.39. The van der Waals surface area contributed by atoms with E-state index in [1.165, 1.54) is 6.26 Å². The molecule has 0 saturated carbocycles. The van der Waals surface area contributed by atoms with Crippen molar-refractivity contribution in [1.82, 2.24) is 20.4 Å². The smallest absolute Gasteiger partial charge is 0.298 e. The van der Waals surface area contributed by atoms with Crippen molar-refractivity contribution < 1.29 is 14.4 Å². The maximum absolute atomic E-state index is 11.4. The third-order valence-electron chi connectivity index (χ3n) is 4.78. The SMILES string of the molecule is CCCc1nc(N2CCN(c3nc(C(=O)NO)co3)CC2)c2ccccc2n1. The van der Waals surface area contributed by atoms with Gasteiger partial charge in [0.15, 0.2) is 5.69 Å². The molecule has 1 aliphatic rings. The molecule has 0 aliphatic carbocycles. The molecule has 3 heterocycles. The van der Waals surface area contributed by atoms with Gasteiger partial charge in [-0.3, -0.25) is 10.0 Å². The summed E-state index contributed by atoms with van der Waals surface area (Å²) in [5, 5.41) is 9.75. The maximum atomic E-state index is 11.4. The second-order valence-corrected chi connectivity index (χ2v) is 6.66. The third kappa shape index (κ3) is 3.48. The van der Waals surface area contributed by atoms with Crippen molar-refractivity contribution in [3.8, 4) is 0 Å². The number of para-hydroxylation sites is 1. The predicted octanol–water partition coefficient (Wildman–Crippen LogP) is 2.02. The fraction of sp³-hybridized carbons (Fsp3) is 0.368. The summed E-state index contributed by atoms with van der Waals surface area (Å²) in [4.78, 5) is 29.3. The van der Waals surface area contributed by atoms with E-state index in [0.717, 1.165) is 48.5 Å². The minimum Gasteiger partial charge on any atom is -0.431 e. The first-order chi connectivity index (χ1) is 13.7. The van der Waals surface area contributed by atoms with Gasteiger partial charge in [0.05, 0.1) is 5.52 Å². The topological polar surface area (TPSA) is 108 Å². The fourth-order valence-corrected chi connectivity index (χ4v) is 3.36. The number of hydrogen-bond acceptors (Lipinski definition) is 8. The van der Waals surface area contributed by atoms with E-state index in [9.17, 15) is 4.79 Å². The highest BCUT2D eigenvalue weighted by Gasteiger charge is 2.24. The Morgan fingerprint density at radius 1 is 1.14 bits per heavy atom. The molecule has 0 atom stereocenters. The quantitative estimate of drug-likeness (QED) is 0.510. The van der Waals surface area contributed by atoms with Crippen LogP contribution in [-0.4, -0.2) is 52.2 Å². The van der Waals surface area contributed by atoms with Crippen LogP contribution < -0.4 is 15.3 Å². The molecule has 1 aliphatic heterocycles. The number of carbonyl (C=O) groups excluding carboxylic acids is 1. The fourth-order valence-electron chi connectivity index (χ4n) is 3.36. The van der Waals surface area contributed by atoms with Gasteiger partial charge in [-0.05, 0) is 18.6 Å².